The number of nitrogens with one attached hydrogen (secondary N) is 1. The van der Waals surface area contributed by atoms with E-state index in [0.29, 0.717) is 6.04 Å². The standard InChI is InChI=1S/C18H30N2O/c1-5-19-12-16-6-7-18(21-4)17(11-16)13-20-9-8-14(2)10-15(20)3/h6-7,11,14-15,19H,5,8-10,12-13H2,1-4H3. The molecule has 0 aromatic heterocycles. The minimum Gasteiger partial charge on any atom is -0.496 e. The second kappa shape index (κ2) is 7.81. The molecule has 1 aliphatic heterocycles. The molecule has 3 nitrogen and oxygen atoms in total. The minimum atomic E-state index is 0.663. The van der Waals surface area contributed by atoms with Crippen LogP contribution in [0.3, 0.4) is 0 Å². The van der Waals surface area contributed by atoms with Crippen LogP contribution in [0.4, 0.5) is 0 Å². The van der Waals surface area contributed by atoms with Gasteiger partial charge in [0.25, 0.3) is 0 Å². The lowest BCUT2D eigenvalue weighted by Crippen LogP contribution is -2.39. The average Bonchev–Trinajstić information content (AvgIpc) is 2.48. The van der Waals surface area contributed by atoms with Gasteiger partial charge in [0.05, 0.1) is 7.11 Å². The highest BCUT2D eigenvalue weighted by Gasteiger charge is 2.23. The molecule has 1 saturated heterocycles. The van der Waals surface area contributed by atoms with Crippen molar-refractivity contribution in [2.45, 2.75) is 52.7 Å². The number of likely N-dealkylation sites (tertiary alicyclic amines) is 1. The second-order valence-corrected chi connectivity index (χ2v) is 6.38. The Bertz CT molecular complexity index is 447. The summed E-state index contributed by atoms with van der Waals surface area (Å²) in [5.74, 6) is 1.87. The van der Waals surface area contributed by atoms with Gasteiger partial charge in [0.15, 0.2) is 0 Å². The molecule has 21 heavy (non-hydrogen) atoms. The molecule has 118 valence electrons. The van der Waals surface area contributed by atoms with Crippen molar-refractivity contribution in [1.82, 2.24) is 10.2 Å². The lowest BCUT2D eigenvalue weighted by molar-refractivity contribution is 0.121. The largest absolute Gasteiger partial charge is 0.496 e. The van der Waals surface area contributed by atoms with E-state index < -0.39 is 0 Å². The van der Waals surface area contributed by atoms with Crippen LogP contribution in [0.15, 0.2) is 18.2 Å². The van der Waals surface area contributed by atoms with Crippen molar-refractivity contribution < 1.29 is 4.74 Å². The summed E-state index contributed by atoms with van der Waals surface area (Å²) >= 11 is 0. The summed E-state index contributed by atoms with van der Waals surface area (Å²) in [7, 11) is 1.77. The number of methoxy groups -OCH3 is 1. The van der Waals surface area contributed by atoms with Crippen LogP contribution < -0.4 is 10.1 Å². The van der Waals surface area contributed by atoms with E-state index >= 15 is 0 Å². The summed E-state index contributed by atoms with van der Waals surface area (Å²) in [4.78, 5) is 2.59. The normalized spacial score (nSPS) is 23.2. The first kappa shape index (κ1) is 16.3. The molecular formula is C18H30N2O. The molecule has 0 aliphatic carbocycles. The van der Waals surface area contributed by atoms with Crippen molar-refractivity contribution >= 4 is 0 Å². The van der Waals surface area contributed by atoms with E-state index in [1.165, 1.54) is 30.5 Å². The molecular weight excluding hydrogens is 260 g/mol. The molecule has 0 radical (unpaired) electrons. The van der Waals surface area contributed by atoms with Crippen molar-refractivity contribution in [3.63, 3.8) is 0 Å². The van der Waals surface area contributed by atoms with Crippen LogP contribution in [0.25, 0.3) is 0 Å². The zero-order valence-corrected chi connectivity index (χ0v) is 14.0. The highest BCUT2D eigenvalue weighted by atomic mass is 16.5. The van der Waals surface area contributed by atoms with Crippen LogP contribution in [0, 0.1) is 5.92 Å². The molecule has 1 aromatic rings. The summed E-state index contributed by atoms with van der Waals surface area (Å²) in [6.45, 7) is 11.0. The van der Waals surface area contributed by atoms with Gasteiger partial charge in [0, 0.05) is 24.7 Å². The van der Waals surface area contributed by atoms with Crippen molar-refractivity contribution in [3.05, 3.63) is 29.3 Å². The summed E-state index contributed by atoms with van der Waals surface area (Å²) < 4.78 is 5.56. The van der Waals surface area contributed by atoms with Gasteiger partial charge in [0.1, 0.15) is 5.75 Å². The number of hydrogen-bond acceptors (Lipinski definition) is 3. The van der Waals surface area contributed by atoms with Gasteiger partial charge in [-0.1, -0.05) is 19.9 Å². The second-order valence-electron chi connectivity index (χ2n) is 6.38. The summed E-state index contributed by atoms with van der Waals surface area (Å²) in [5, 5.41) is 3.39. The minimum absolute atomic E-state index is 0.663. The van der Waals surface area contributed by atoms with Gasteiger partial charge in [-0.2, -0.15) is 0 Å². The Morgan fingerprint density at radius 1 is 1.33 bits per heavy atom. The van der Waals surface area contributed by atoms with E-state index in [9.17, 15) is 0 Å². The molecule has 0 saturated carbocycles. The molecule has 2 unspecified atom stereocenters. The fourth-order valence-corrected chi connectivity index (χ4v) is 3.24. The van der Waals surface area contributed by atoms with Gasteiger partial charge in [0.2, 0.25) is 0 Å². The first-order valence-corrected chi connectivity index (χ1v) is 8.24. The van der Waals surface area contributed by atoms with Gasteiger partial charge in [-0.25, -0.2) is 0 Å². The van der Waals surface area contributed by atoms with Gasteiger partial charge in [-0.3, -0.25) is 4.90 Å². The number of piperidine rings is 1. The predicted molar refractivity (Wildman–Crippen MR) is 88.6 cm³/mol. The van der Waals surface area contributed by atoms with E-state index in [0.717, 1.165) is 31.3 Å². The van der Waals surface area contributed by atoms with Gasteiger partial charge in [-0.15, -0.1) is 0 Å². The van der Waals surface area contributed by atoms with Gasteiger partial charge in [-0.05, 0) is 56.5 Å². The van der Waals surface area contributed by atoms with Crippen LogP contribution in [0.5, 0.6) is 5.75 Å². The molecule has 1 heterocycles. The lowest BCUT2D eigenvalue weighted by atomic mass is 9.93. The summed E-state index contributed by atoms with van der Waals surface area (Å²) in [6, 6.07) is 7.23. The fourth-order valence-electron chi connectivity index (χ4n) is 3.24. The van der Waals surface area contributed by atoms with Crippen molar-refractivity contribution in [2.24, 2.45) is 5.92 Å². The van der Waals surface area contributed by atoms with E-state index in [1.807, 2.05) is 0 Å². The maximum Gasteiger partial charge on any atom is 0.123 e. The number of hydrogen-bond donors (Lipinski definition) is 1. The smallest absolute Gasteiger partial charge is 0.123 e. The molecule has 1 aliphatic rings. The number of nitrogens with zero attached hydrogens (tertiary/aromatic N) is 1. The van der Waals surface area contributed by atoms with Gasteiger partial charge >= 0.3 is 0 Å². The zero-order chi connectivity index (χ0) is 15.2. The third kappa shape index (κ3) is 4.45. The Kier molecular flexibility index (Phi) is 6.07. The molecule has 0 amide bonds. The molecule has 1 aromatic carbocycles. The van der Waals surface area contributed by atoms with E-state index in [1.54, 1.807) is 7.11 Å². The number of ether oxygens (including phenoxy) is 1. The number of rotatable bonds is 6. The monoisotopic (exact) mass is 290 g/mol. The van der Waals surface area contributed by atoms with Gasteiger partial charge < -0.3 is 10.1 Å². The average molecular weight is 290 g/mol. The quantitative estimate of drug-likeness (QED) is 0.869. The molecule has 1 N–H and O–H groups in total. The Hall–Kier alpha value is -1.06. The molecule has 2 rings (SSSR count). The SMILES string of the molecule is CCNCc1ccc(OC)c(CN2CCC(C)CC2C)c1. The highest BCUT2D eigenvalue weighted by Crippen LogP contribution is 2.27. The third-order valence-electron chi connectivity index (χ3n) is 4.57. The maximum atomic E-state index is 5.56. The summed E-state index contributed by atoms with van der Waals surface area (Å²) in [6.07, 6.45) is 2.61. The maximum absolute atomic E-state index is 5.56. The highest BCUT2D eigenvalue weighted by molar-refractivity contribution is 5.37. The van der Waals surface area contributed by atoms with Crippen LogP contribution in [-0.4, -0.2) is 31.1 Å². The van der Waals surface area contributed by atoms with Crippen molar-refractivity contribution in [3.8, 4) is 5.75 Å². The topological polar surface area (TPSA) is 24.5 Å². The Morgan fingerprint density at radius 2 is 2.14 bits per heavy atom. The molecule has 3 heteroatoms. The molecule has 2 atom stereocenters. The first-order valence-electron chi connectivity index (χ1n) is 8.24. The lowest BCUT2D eigenvalue weighted by Gasteiger charge is -2.36. The van der Waals surface area contributed by atoms with Crippen LogP contribution in [-0.2, 0) is 13.1 Å². The van der Waals surface area contributed by atoms with E-state index in [-0.39, 0.29) is 0 Å². The van der Waals surface area contributed by atoms with Crippen LogP contribution in [0.1, 0.15) is 44.7 Å². The van der Waals surface area contributed by atoms with Crippen molar-refractivity contribution in [2.75, 3.05) is 20.2 Å². The summed E-state index contributed by atoms with van der Waals surface area (Å²) in [5.41, 5.74) is 2.65. The Morgan fingerprint density at radius 3 is 2.81 bits per heavy atom. The Labute approximate surface area is 129 Å². The number of benzene rings is 1. The molecule has 0 spiro atoms. The van der Waals surface area contributed by atoms with Crippen LogP contribution >= 0.6 is 0 Å². The molecule has 0 bridgehead atoms. The van der Waals surface area contributed by atoms with E-state index in [4.69, 9.17) is 4.74 Å². The first-order chi connectivity index (χ1) is 10.1. The predicted octanol–water partition coefficient (Wildman–Crippen LogP) is 3.43. The zero-order valence-electron chi connectivity index (χ0n) is 14.0. The Balaban J connectivity index is 2.09. The molecule has 1 fully saturated rings. The van der Waals surface area contributed by atoms with E-state index in [2.05, 4.69) is 49.2 Å². The third-order valence-corrected chi connectivity index (χ3v) is 4.57. The van der Waals surface area contributed by atoms with Crippen molar-refractivity contribution in [1.29, 1.82) is 0 Å². The fraction of sp³-hybridized carbons (Fsp3) is 0.667. The van der Waals surface area contributed by atoms with Crippen LogP contribution in [0.2, 0.25) is 0 Å².